The minimum absolute atomic E-state index is 0.0482. The molecular weight excluding hydrogens is 344 g/mol. The van der Waals surface area contributed by atoms with E-state index in [0.717, 1.165) is 29.1 Å². The Labute approximate surface area is 157 Å². The van der Waals surface area contributed by atoms with E-state index in [9.17, 15) is 4.79 Å². The van der Waals surface area contributed by atoms with Gasteiger partial charge in [0.1, 0.15) is 12.1 Å². The molecule has 0 fully saturated rings. The molecule has 7 heteroatoms. The highest BCUT2D eigenvalue weighted by atomic mass is 16.6. The van der Waals surface area contributed by atoms with Gasteiger partial charge in [0.25, 0.3) is 5.91 Å². The maximum Gasteiger partial charge on any atom is 0.254 e. The topological polar surface area (TPSA) is 69.5 Å². The zero-order valence-corrected chi connectivity index (χ0v) is 15.5. The van der Waals surface area contributed by atoms with Gasteiger partial charge in [-0.05, 0) is 44.2 Å². The first-order valence-corrected chi connectivity index (χ1v) is 9.20. The maximum atomic E-state index is 13.0. The molecule has 0 aliphatic carbocycles. The molecule has 2 aromatic carbocycles. The number of hydrogen-bond acceptors (Lipinski definition) is 5. The molecule has 0 spiro atoms. The third-order valence-electron chi connectivity index (χ3n) is 4.72. The number of aryl methyl sites for hydroxylation is 1. The SMILES string of the molecule is CCN(CC1COc2ccccc2O1)C(=O)c1ccc2c(c1)nnn2CC. The molecule has 0 bridgehead atoms. The molecule has 27 heavy (non-hydrogen) atoms. The van der Waals surface area contributed by atoms with Crippen molar-refractivity contribution < 1.29 is 14.3 Å². The van der Waals surface area contributed by atoms with Gasteiger partial charge < -0.3 is 14.4 Å². The Morgan fingerprint density at radius 2 is 2.04 bits per heavy atom. The van der Waals surface area contributed by atoms with Crippen molar-refractivity contribution in [3.63, 3.8) is 0 Å². The molecule has 7 nitrogen and oxygen atoms in total. The van der Waals surface area contributed by atoms with E-state index in [4.69, 9.17) is 9.47 Å². The highest BCUT2D eigenvalue weighted by Crippen LogP contribution is 2.31. The molecular formula is C20H22N4O3. The summed E-state index contributed by atoms with van der Waals surface area (Å²) in [5, 5.41) is 8.26. The first-order valence-electron chi connectivity index (χ1n) is 9.20. The van der Waals surface area contributed by atoms with Crippen molar-refractivity contribution in [2.45, 2.75) is 26.5 Å². The van der Waals surface area contributed by atoms with Crippen LogP contribution in [0, 0.1) is 0 Å². The highest BCUT2D eigenvalue weighted by molar-refractivity contribution is 5.97. The van der Waals surface area contributed by atoms with Crippen molar-refractivity contribution in [2.75, 3.05) is 19.7 Å². The summed E-state index contributed by atoms with van der Waals surface area (Å²) >= 11 is 0. The summed E-state index contributed by atoms with van der Waals surface area (Å²) in [7, 11) is 0. The van der Waals surface area contributed by atoms with Crippen molar-refractivity contribution in [1.82, 2.24) is 19.9 Å². The number of fused-ring (bicyclic) bond motifs is 2. The predicted octanol–water partition coefficient (Wildman–Crippen LogP) is 2.75. The number of carbonyl (C=O) groups is 1. The van der Waals surface area contributed by atoms with Crippen LogP contribution in [0.1, 0.15) is 24.2 Å². The molecule has 1 aliphatic heterocycles. The third-order valence-corrected chi connectivity index (χ3v) is 4.72. The lowest BCUT2D eigenvalue weighted by Crippen LogP contribution is -2.43. The fraction of sp³-hybridized carbons (Fsp3) is 0.350. The van der Waals surface area contributed by atoms with E-state index in [2.05, 4.69) is 10.3 Å². The van der Waals surface area contributed by atoms with Crippen molar-refractivity contribution in [2.24, 2.45) is 0 Å². The minimum Gasteiger partial charge on any atom is -0.486 e. The molecule has 2 heterocycles. The molecule has 1 atom stereocenters. The Morgan fingerprint density at radius 1 is 1.22 bits per heavy atom. The number of benzene rings is 2. The van der Waals surface area contributed by atoms with Gasteiger partial charge in [0.15, 0.2) is 17.6 Å². The number of para-hydroxylation sites is 2. The first-order chi connectivity index (χ1) is 13.2. The number of amides is 1. The standard InChI is InChI=1S/C20H22N4O3/c1-3-23(12-15-13-26-18-7-5-6-8-19(18)27-15)20(25)14-9-10-17-16(11-14)21-22-24(17)4-2/h5-11,15H,3-4,12-13H2,1-2H3. The van der Waals surface area contributed by atoms with E-state index in [1.807, 2.05) is 54.9 Å². The zero-order chi connectivity index (χ0) is 18.8. The van der Waals surface area contributed by atoms with Crippen LogP contribution in [-0.4, -0.2) is 51.6 Å². The Kier molecular flexibility index (Phi) is 4.66. The van der Waals surface area contributed by atoms with Crippen LogP contribution in [0.4, 0.5) is 0 Å². The quantitative estimate of drug-likeness (QED) is 0.694. The molecule has 0 saturated heterocycles. The van der Waals surface area contributed by atoms with E-state index < -0.39 is 0 Å². The van der Waals surface area contributed by atoms with Gasteiger partial charge in [-0.25, -0.2) is 4.68 Å². The van der Waals surface area contributed by atoms with E-state index in [-0.39, 0.29) is 12.0 Å². The van der Waals surface area contributed by atoms with Gasteiger partial charge in [-0.3, -0.25) is 4.79 Å². The van der Waals surface area contributed by atoms with Gasteiger partial charge >= 0.3 is 0 Å². The summed E-state index contributed by atoms with van der Waals surface area (Å²) in [5.41, 5.74) is 2.26. The van der Waals surface area contributed by atoms with Crippen molar-refractivity contribution in [3.05, 3.63) is 48.0 Å². The fourth-order valence-electron chi connectivity index (χ4n) is 3.28. The molecule has 4 rings (SSSR count). The molecule has 140 valence electrons. The summed E-state index contributed by atoms with van der Waals surface area (Å²) in [6.45, 7) is 6.18. The summed E-state index contributed by atoms with van der Waals surface area (Å²) in [4.78, 5) is 14.8. The van der Waals surface area contributed by atoms with Crippen molar-refractivity contribution in [3.8, 4) is 11.5 Å². The predicted molar refractivity (Wildman–Crippen MR) is 101 cm³/mol. The molecule has 1 unspecified atom stereocenters. The molecule has 1 aromatic heterocycles. The second-order valence-electron chi connectivity index (χ2n) is 6.45. The van der Waals surface area contributed by atoms with E-state index >= 15 is 0 Å². The van der Waals surface area contributed by atoms with Crippen LogP contribution in [0.25, 0.3) is 11.0 Å². The molecule has 0 saturated carbocycles. The average molecular weight is 366 g/mol. The summed E-state index contributed by atoms with van der Waals surface area (Å²) < 4.78 is 13.6. The van der Waals surface area contributed by atoms with Gasteiger partial charge in [0.05, 0.1) is 12.1 Å². The van der Waals surface area contributed by atoms with Crippen LogP contribution < -0.4 is 9.47 Å². The van der Waals surface area contributed by atoms with E-state index in [1.165, 1.54) is 0 Å². The van der Waals surface area contributed by atoms with Crippen LogP contribution in [-0.2, 0) is 6.54 Å². The number of likely N-dealkylation sites (N-methyl/N-ethyl adjacent to an activating group) is 1. The summed E-state index contributed by atoms with van der Waals surface area (Å²) in [5.74, 6) is 1.41. The monoisotopic (exact) mass is 366 g/mol. The lowest BCUT2D eigenvalue weighted by molar-refractivity contribution is 0.0475. The van der Waals surface area contributed by atoms with Crippen LogP contribution in [0.2, 0.25) is 0 Å². The van der Waals surface area contributed by atoms with Gasteiger partial charge in [-0.1, -0.05) is 17.3 Å². The van der Waals surface area contributed by atoms with Crippen molar-refractivity contribution in [1.29, 1.82) is 0 Å². The Balaban J connectivity index is 1.50. The Hall–Kier alpha value is -3.09. The second-order valence-corrected chi connectivity index (χ2v) is 6.45. The lowest BCUT2D eigenvalue weighted by Gasteiger charge is -2.31. The number of ether oxygens (including phenoxy) is 2. The largest absolute Gasteiger partial charge is 0.486 e. The molecule has 3 aromatic rings. The third kappa shape index (κ3) is 3.32. The Bertz CT molecular complexity index is 969. The van der Waals surface area contributed by atoms with Gasteiger partial charge in [0.2, 0.25) is 0 Å². The summed E-state index contributed by atoms with van der Waals surface area (Å²) in [6.07, 6.45) is -0.200. The number of hydrogen-bond donors (Lipinski definition) is 0. The van der Waals surface area contributed by atoms with Crippen molar-refractivity contribution >= 4 is 16.9 Å². The van der Waals surface area contributed by atoms with E-state index in [0.29, 0.717) is 25.3 Å². The average Bonchev–Trinajstić information content (AvgIpc) is 3.13. The van der Waals surface area contributed by atoms with E-state index in [1.54, 1.807) is 11.0 Å². The Morgan fingerprint density at radius 3 is 2.81 bits per heavy atom. The maximum absolute atomic E-state index is 13.0. The fourth-order valence-corrected chi connectivity index (χ4v) is 3.28. The van der Waals surface area contributed by atoms with Gasteiger partial charge in [0, 0.05) is 18.7 Å². The number of aromatic nitrogens is 3. The zero-order valence-electron chi connectivity index (χ0n) is 15.5. The molecule has 0 N–H and O–H groups in total. The lowest BCUT2D eigenvalue weighted by atomic mass is 10.1. The minimum atomic E-state index is -0.200. The molecule has 0 radical (unpaired) electrons. The van der Waals surface area contributed by atoms with Crippen LogP contribution >= 0.6 is 0 Å². The number of nitrogens with zero attached hydrogens (tertiary/aromatic N) is 4. The normalized spacial score (nSPS) is 15.7. The summed E-state index contributed by atoms with van der Waals surface area (Å²) in [6, 6.07) is 13.1. The van der Waals surface area contributed by atoms with Crippen LogP contribution in [0.5, 0.6) is 11.5 Å². The van der Waals surface area contributed by atoms with Crippen LogP contribution in [0.3, 0.4) is 0 Å². The second kappa shape index (κ2) is 7.26. The first kappa shape index (κ1) is 17.3. The molecule has 1 amide bonds. The number of rotatable bonds is 5. The van der Waals surface area contributed by atoms with Gasteiger partial charge in [-0.2, -0.15) is 0 Å². The number of carbonyl (C=O) groups excluding carboxylic acids is 1. The van der Waals surface area contributed by atoms with Gasteiger partial charge in [-0.15, -0.1) is 5.10 Å². The molecule has 1 aliphatic rings. The smallest absolute Gasteiger partial charge is 0.254 e. The highest BCUT2D eigenvalue weighted by Gasteiger charge is 2.25. The van der Waals surface area contributed by atoms with Crippen LogP contribution in [0.15, 0.2) is 42.5 Å².